The number of Topliss-reactive ketones (excluding diaryl/α,β-unsaturated/α-hetero) is 1. The van der Waals surface area contributed by atoms with Crippen LogP contribution < -0.4 is 0 Å². The number of hydrogen-bond acceptors (Lipinski definition) is 3. The predicted octanol–water partition coefficient (Wildman–Crippen LogP) is 4.50. The Morgan fingerprint density at radius 1 is 1.33 bits per heavy atom. The number of halogens is 2. The molecule has 0 radical (unpaired) electrons. The molecule has 0 amide bonds. The second-order valence-electron chi connectivity index (χ2n) is 5.58. The van der Waals surface area contributed by atoms with Gasteiger partial charge in [0.15, 0.2) is 5.78 Å². The third-order valence-electron chi connectivity index (χ3n) is 3.26. The molecule has 0 fully saturated rings. The number of carbonyl (C=O) groups excluding carboxylic acids is 2. The van der Waals surface area contributed by atoms with Gasteiger partial charge in [0.05, 0.1) is 13.0 Å². The summed E-state index contributed by atoms with van der Waals surface area (Å²) in [5.41, 5.74) is 0.00211. The van der Waals surface area contributed by atoms with E-state index in [-0.39, 0.29) is 24.6 Å². The molecule has 0 aliphatic heterocycles. The van der Waals surface area contributed by atoms with Crippen LogP contribution in [0.1, 0.15) is 44.0 Å². The molecule has 1 rings (SSSR count). The van der Waals surface area contributed by atoms with Crippen LogP contribution in [0, 0.1) is 5.41 Å². The van der Waals surface area contributed by atoms with Crippen molar-refractivity contribution < 1.29 is 14.3 Å². The Morgan fingerprint density at radius 3 is 2.57 bits per heavy atom. The topological polar surface area (TPSA) is 43.4 Å². The van der Waals surface area contributed by atoms with Crippen molar-refractivity contribution in [2.24, 2.45) is 5.41 Å². The third kappa shape index (κ3) is 5.68. The number of esters is 1. The monoisotopic (exact) mass is 330 g/mol. The lowest BCUT2D eigenvalue weighted by Gasteiger charge is -2.28. The lowest BCUT2D eigenvalue weighted by Crippen LogP contribution is -2.30. The molecule has 5 heteroatoms. The predicted molar refractivity (Wildman–Crippen MR) is 85.1 cm³/mol. The van der Waals surface area contributed by atoms with E-state index < -0.39 is 10.8 Å². The van der Waals surface area contributed by atoms with Crippen molar-refractivity contribution in [3.63, 3.8) is 0 Å². The fourth-order valence-corrected chi connectivity index (χ4v) is 2.32. The number of rotatable bonds is 7. The number of alkyl halides is 1. The highest BCUT2D eigenvalue weighted by Crippen LogP contribution is 2.33. The lowest BCUT2D eigenvalue weighted by molar-refractivity contribution is -0.145. The summed E-state index contributed by atoms with van der Waals surface area (Å²) in [6.45, 7) is 5.80. The number of hydrogen-bond donors (Lipinski definition) is 0. The molecule has 0 heterocycles. The summed E-state index contributed by atoms with van der Waals surface area (Å²) in [5.74, 6) is -0.391. The maximum atomic E-state index is 12.2. The molecule has 1 aromatic carbocycles. The summed E-state index contributed by atoms with van der Waals surface area (Å²) in [5, 5.41) is 0.0474. The van der Waals surface area contributed by atoms with Gasteiger partial charge in [-0.25, -0.2) is 0 Å². The van der Waals surface area contributed by atoms with Crippen molar-refractivity contribution >= 4 is 35.0 Å². The van der Waals surface area contributed by atoms with E-state index in [2.05, 4.69) is 0 Å². The van der Waals surface area contributed by atoms with Crippen LogP contribution in [0.3, 0.4) is 0 Å². The average Bonchev–Trinajstić information content (AvgIpc) is 2.38. The molecule has 116 valence electrons. The number of carbonyl (C=O) groups is 2. The largest absolute Gasteiger partial charge is 0.466 e. The first-order chi connectivity index (χ1) is 9.76. The summed E-state index contributed by atoms with van der Waals surface area (Å²) in [4.78, 5) is 23.8. The zero-order valence-corrected chi connectivity index (χ0v) is 14.0. The van der Waals surface area contributed by atoms with Gasteiger partial charge in [0.25, 0.3) is 0 Å². The molecule has 0 aliphatic rings. The Morgan fingerprint density at radius 2 is 2.00 bits per heavy atom. The maximum absolute atomic E-state index is 12.2. The smallest absolute Gasteiger partial charge is 0.306 e. The molecule has 1 atom stereocenters. The molecule has 0 aromatic heterocycles. The molecule has 1 aromatic rings. The van der Waals surface area contributed by atoms with Gasteiger partial charge in [-0.1, -0.05) is 37.6 Å². The van der Waals surface area contributed by atoms with Crippen LogP contribution in [0.2, 0.25) is 5.02 Å². The summed E-state index contributed by atoms with van der Waals surface area (Å²) in [6, 6.07) is 6.76. The van der Waals surface area contributed by atoms with E-state index in [1.807, 2.05) is 13.8 Å². The third-order valence-corrected chi connectivity index (χ3v) is 4.24. The minimum absolute atomic E-state index is 0.0885. The van der Waals surface area contributed by atoms with E-state index in [4.69, 9.17) is 27.9 Å². The summed E-state index contributed by atoms with van der Waals surface area (Å²) in [6.07, 6.45) is 0.326. The number of ether oxygens (including phenoxy) is 1. The number of benzene rings is 1. The maximum Gasteiger partial charge on any atom is 0.306 e. The minimum Gasteiger partial charge on any atom is -0.466 e. The first-order valence-corrected chi connectivity index (χ1v) is 7.66. The van der Waals surface area contributed by atoms with E-state index in [0.29, 0.717) is 17.2 Å². The van der Waals surface area contributed by atoms with Crippen molar-refractivity contribution in [3.05, 3.63) is 34.9 Å². The van der Waals surface area contributed by atoms with E-state index in [0.717, 1.165) is 0 Å². The lowest BCUT2D eigenvalue weighted by atomic mass is 9.82. The molecule has 21 heavy (non-hydrogen) atoms. The van der Waals surface area contributed by atoms with Gasteiger partial charge in [-0.15, -0.1) is 11.6 Å². The second kappa shape index (κ2) is 7.81. The molecular weight excluding hydrogens is 311 g/mol. The number of ketones is 1. The highest BCUT2D eigenvalue weighted by molar-refractivity contribution is 6.31. The highest BCUT2D eigenvalue weighted by atomic mass is 35.5. The Balaban J connectivity index is 2.68. The van der Waals surface area contributed by atoms with Gasteiger partial charge >= 0.3 is 5.97 Å². The van der Waals surface area contributed by atoms with Gasteiger partial charge in [0.2, 0.25) is 0 Å². The van der Waals surface area contributed by atoms with Gasteiger partial charge in [-0.2, -0.15) is 0 Å². The van der Waals surface area contributed by atoms with Gasteiger partial charge in [-0.05, 0) is 24.5 Å². The van der Waals surface area contributed by atoms with Gasteiger partial charge in [0.1, 0.15) is 0 Å². The molecule has 0 saturated heterocycles. The van der Waals surface area contributed by atoms with Crippen LogP contribution in [0.4, 0.5) is 0 Å². The van der Waals surface area contributed by atoms with Crippen LogP contribution in [0.5, 0.6) is 0 Å². The quantitative estimate of drug-likeness (QED) is 0.420. The van der Waals surface area contributed by atoms with E-state index >= 15 is 0 Å². The SMILES string of the molecule is CCOC(=O)CC(C)(C)C(Cl)CC(=O)c1cccc(Cl)c1. The van der Waals surface area contributed by atoms with E-state index in [1.165, 1.54) is 0 Å². The molecule has 1 unspecified atom stereocenters. The summed E-state index contributed by atoms with van der Waals surface area (Å²) in [7, 11) is 0. The fraction of sp³-hybridized carbons (Fsp3) is 0.500. The molecular formula is C16H20Cl2O3. The first kappa shape index (κ1) is 18.0. The average molecular weight is 331 g/mol. The van der Waals surface area contributed by atoms with Gasteiger partial charge < -0.3 is 4.74 Å². The van der Waals surface area contributed by atoms with Gasteiger partial charge in [0, 0.05) is 22.4 Å². The van der Waals surface area contributed by atoms with Crippen LogP contribution >= 0.6 is 23.2 Å². The van der Waals surface area contributed by atoms with Gasteiger partial charge in [-0.3, -0.25) is 9.59 Å². The standard InChI is InChI=1S/C16H20Cl2O3/c1-4-21-15(20)10-16(2,3)14(18)9-13(19)11-6-5-7-12(17)8-11/h5-8,14H,4,9-10H2,1-3H3. The Labute approximate surface area is 135 Å². The van der Waals surface area contributed by atoms with Crippen molar-refractivity contribution in [1.82, 2.24) is 0 Å². The molecule has 0 N–H and O–H groups in total. The fourth-order valence-electron chi connectivity index (χ4n) is 1.91. The normalized spacial score (nSPS) is 12.8. The van der Waals surface area contributed by atoms with Crippen LogP contribution in [-0.2, 0) is 9.53 Å². The Hall–Kier alpha value is -1.06. The molecule has 0 bridgehead atoms. The van der Waals surface area contributed by atoms with Crippen molar-refractivity contribution in [2.45, 2.75) is 39.0 Å². The van der Waals surface area contributed by atoms with Crippen molar-refractivity contribution in [1.29, 1.82) is 0 Å². The van der Waals surface area contributed by atoms with E-state index in [1.54, 1.807) is 31.2 Å². The first-order valence-electron chi connectivity index (χ1n) is 6.84. The highest BCUT2D eigenvalue weighted by Gasteiger charge is 2.32. The van der Waals surface area contributed by atoms with E-state index in [9.17, 15) is 9.59 Å². The van der Waals surface area contributed by atoms with Crippen molar-refractivity contribution in [3.8, 4) is 0 Å². The van der Waals surface area contributed by atoms with Crippen molar-refractivity contribution in [2.75, 3.05) is 6.61 Å². The Kier molecular flexibility index (Phi) is 6.69. The van der Waals surface area contributed by atoms with Crippen LogP contribution in [0.25, 0.3) is 0 Å². The van der Waals surface area contributed by atoms with Crippen LogP contribution in [0.15, 0.2) is 24.3 Å². The molecule has 0 saturated carbocycles. The second-order valence-corrected chi connectivity index (χ2v) is 6.54. The zero-order chi connectivity index (χ0) is 16.0. The molecule has 0 spiro atoms. The zero-order valence-electron chi connectivity index (χ0n) is 12.5. The minimum atomic E-state index is -0.526. The molecule has 0 aliphatic carbocycles. The molecule has 3 nitrogen and oxygen atoms in total. The summed E-state index contributed by atoms with van der Waals surface area (Å²) < 4.78 is 4.93. The summed E-state index contributed by atoms with van der Waals surface area (Å²) >= 11 is 12.2. The Bertz CT molecular complexity index is 512. The van der Waals surface area contributed by atoms with Crippen LogP contribution in [-0.4, -0.2) is 23.7 Å².